The van der Waals surface area contributed by atoms with E-state index in [0.717, 1.165) is 11.3 Å². The van der Waals surface area contributed by atoms with Gasteiger partial charge in [0.25, 0.3) is 0 Å². The lowest BCUT2D eigenvalue weighted by Crippen LogP contribution is -2.16. The van der Waals surface area contributed by atoms with Crippen LogP contribution in [0.2, 0.25) is 0 Å². The largest absolute Gasteiger partial charge is 0.393 e. The molecule has 1 aromatic heterocycles. The van der Waals surface area contributed by atoms with Crippen molar-refractivity contribution < 1.29 is 9.50 Å². The number of aliphatic hydroxyl groups excluding tert-OH is 1. The molecule has 1 aromatic carbocycles. The van der Waals surface area contributed by atoms with Crippen molar-refractivity contribution in [1.29, 1.82) is 0 Å². The van der Waals surface area contributed by atoms with Gasteiger partial charge in [0.15, 0.2) is 0 Å². The summed E-state index contributed by atoms with van der Waals surface area (Å²) in [5, 5.41) is 15.6. The Balaban J connectivity index is 1.98. The molecule has 0 fully saturated rings. The van der Waals surface area contributed by atoms with Crippen molar-refractivity contribution in [1.82, 2.24) is 0 Å². The lowest BCUT2D eigenvalue weighted by atomic mass is 10.0. The van der Waals surface area contributed by atoms with Crippen LogP contribution in [0, 0.1) is 12.7 Å². The van der Waals surface area contributed by atoms with E-state index in [1.54, 1.807) is 17.4 Å². The topological polar surface area (TPSA) is 32.3 Å². The second kappa shape index (κ2) is 4.94. The van der Waals surface area contributed by atoms with Crippen LogP contribution in [0.3, 0.4) is 0 Å². The van der Waals surface area contributed by atoms with Gasteiger partial charge >= 0.3 is 0 Å². The van der Waals surface area contributed by atoms with Crippen molar-refractivity contribution in [2.45, 2.75) is 31.9 Å². The summed E-state index contributed by atoms with van der Waals surface area (Å²) < 4.78 is 13.3. The van der Waals surface area contributed by atoms with Crippen LogP contribution in [0.1, 0.15) is 28.5 Å². The number of rotatable bonds is 1. The van der Waals surface area contributed by atoms with E-state index < -0.39 is 6.10 Å². The van der Waals surface area contributed by atoms with Gasteiger partial charge in [-0.3, -0.25) is 0 Å². The third-order valence-electron chi connectivity index (χ3n) is 3.58. The first-order valence-corrected chi connectivity index (χ1v) is 7.28. The van der Waals surface area contributed by atoms with Gasteiger partial charge in [0.1, 0.15) is 5.82 Å². The van der Waals surface area contributed by atoms with Gasteiger partial charge < -0.3 is 10.4 Å². The molecule has 1 aliphatic heterocycles. The van der Waals surface area contributed by atoms with Gasteiger partial charge in [-0.05, 0) is 54.1 Å². The van der Waals surface area contributed by atoms with Crippen molar-refractivity contribution in [3.63, 3.8) is 0 Å². The van der Waals surface area contributed by atoms with Crippen LogP contribution in [-0.2, 0) is 6.42 Å². The lowest BCUT2D eigenvalue weighted by molar-refractivity contribution is 0.161. The van der Waals surface area contributed by atoms with Crippen LogP contribution >= 0.6 is 11.3 Å². The fraction of sp³-hybridized carbons (Fsp3) is 0.333. The summed E-state index contributed by atoms with van der Waals surface area (Å²) >= 11 is 1.70. The Labute approximate surface area is 115 Å². The summed E-state index contributed by atoms with van der Waals surface area (Å²) in [5.41, 5.74) is 3.01. The number of benzene rings is 1. The minimum Gasteiger partial charge on any atom is -0.393 e. The first-order chi connectivity index (χ1) is 9.13. The van der Waals surface area contributed by atoms with E-state index in [9.17, 15) is 9.50 Å². The molecular formula is C15H16FNOS. The van der Waals surface area contributed by atoms with E-state index in [1.807, 2.05) is 0 Å². The van der Waals surface area contributed by atoms with Crippen LogP contribution in [0.15, 0.2) is 29.6 Å². The zero-order valence-corrected chi connectivity index (χ0v) is 11.5. The van der Waals surface area contributed by atoms with Crippen molar-refractivity contribution >= 4 is 17.0 Å². The first kappa shape index (κ1) is 12.6. The highest BCUT2D eigenvalue weighted by Crippen LogP contribution is 2.35. The predicted molar refractivity (Wildman–Crippen MR) is 76.1 cm³/mol. The fourth-order valence-electron chi connectivity index (χ4n) is 2.64. The molecule has 0 spiro atoms. The molecule has 4 heteroatoms. The molecule has 0 amide bonds. The fourth-order valence-corrected chi connectivity index (χ4v) is 3.63. The third-order valence-corrected chi connectivity index (χ3v) is 4.71. The van der Waals surface area contributed by atoms with Crippen LogP contribution < -0.4 is 5.32 Å². The predicted octanol–water partition coefficient (Wildman–Crippen LogP) is 3.66. The van der Waals surface area contributed by atoms with Gasteiger partial charge in [-0.1, -0.05) is 0 Å². The molecule has 2 aromatic rings. The second-order valence-corrected chi connectivity index (χ2v) is 6.01. The van der Waals surface area contributed by atoms with Gasteiger partial charge in [0, 0.05) is 17.0 Å². The molecule has 0 saturated carbocycles. The maximum absolute atomic E-state index is 13.3. The summed E-state index contributed by atoms with van der Waals surface area (Å²) in [4.78, 5) is 1.25. The number of nitrogens with one attached hydrogen (secondary N) is 1. The Hall–Kier alpha value is -1.39. The maximum atomic E-state index is 13.3. The summed E-state index contributed by atoms with van der Waals surface area (Å²) in [7, 11) is 0. The number of aryl methyl sites for hydroxylation is 1. The molecule has 100 valence electrons. The number of anilines is 1. The van der Waals surface area contributed by atoms with Gasteiger partial charge in [-0.25, -0.2) is 4.39 Å². The van der Waals surface area contributed by atoms with E-state index in [-0.39, 0.29) is 11.9 Å². The molecule has 2 heterocycles. The first-order valence-electron chi connectivity index (χ1n) is 6.40. The highest BCUT2D eigenvalue weighted by atomic mass is 32.1. The van der Waals surface area contributed by atoms with Crippen molar-refractivity contribution in [3.8, 4) is 0 Å². The minimum atomic E-state index is -0.443. The van der Waals surface area contributed by atoms with E-state index in [4.69, 9.17) is 0 Å². The Morgan fingerprint density at radius 3 is 2.95 bits per heavy atom. The summed E-state index contributed by atoms with van der Waals surface area (Å²) in [6, 6.07) is 6.92. The van der Waals surface area contributed by atoms with Crippen LogP contribution in [0.4, 0.5) is 10.1 Å². The molecule has 19 heavy (non-hydrogen) atoms. The molecule has 0 aliphatic carbocycles. The van der Waals surface area contributed by atoms with E-state index in [1.165, 1.54) is 22.6 Å². The molecule has 2 N–H and O–H groups in total. The Morgan fingerprint density at radius 1 is 1.37 bits per heavy atom. The average Bonchev–Trinajstić information content (AvgIpc) is 2.70. The number of thiophene rings is 1. The van der Waals surface area contributed by atoms with Crippen LogP contribution in [0.25, 0.3) is 0 Å². The summed E-state index contributed by atoms with van der Waals surface area (Å²) in [6.07, 6.45) is 0.709. The standard InChI is InChI=1S/C15H16FNOS/c1-9-4-5-19-15(9)14-8-12(18)7-10-6-11(16)2-3-13(10)17-14/h2-6,12,14,17-18H,7-8H2,1H3/t12-,14+/m1/s1. The van der Waals surface area contributed by atoms with Crippen LogP contribution in [0.5, 0.6) is 0 Å². The normalized spacial score (nSPS) is 22.5. The number of aliphatic hydroxyl groups is 1. The van der Waals surface area contributed by atoms with Crippen molar-refractivity contribution in [3.05, 3.63) is 51.5 Å². The third kappa shape index (κ3) is 2.51. The Morgan fingerprint density at radius 2 is 2.21 bits per heavy atom. The van der Waals surface area contributed by atoms with Crippen molar-refractivity contribution in [2.24, 2.45) is 0 Å². The average molecular weight is 277 g/mol. The molecule has 1 aliphatic rings. The molecule has 0 saturated heterocycles. The zero-order valence-electron chi connectivity index (χ0n) is 10.7. The van der Waals surface area contributed by atoms with Gasteiger partial charge in [0.05, 0.1) is 12.1 Å². The van der Waals surface area contributed by atoms with Gasteiger partial charge in [0.2, 0.25) is 0 Å². The SMILES string of the molecule is Cc1ccsc1[C@@H]1C[C@H](O)Cc2cc(F)ccc2N1. The zero-order chi connectivity index (χ0) is 13.4. The van der Waals surface area contributed by atoms with Crippen LogP contribution in [-0.4, -0.2) is 11.2 Å². The van der Waals surface area contributed by atoms with Gasteiger partial charge in [-0.2, -0.15) is 0 Å². The lowest BCUT2D eigenvalue weighted by Gasteiger charge is -2.19. The molecule has 2 nitrogen and oxygen atoms in total. The number of halogens is 1. The Bertz CT molecular complexity index is 596. The highest BCUT2D eigenvalue weighted by molar-refractivity contribution is 7.10. The molecule has 0 unspecified atom stereocenters. The molecular weight excluding hydrogens is 261 g/mol. The molecule has 3 rings (SSSR count). The number of hydrogen-bond acceptors (Lipinski definition) is 3. The second-order valence-electron chi connectivity index (χ2n) is 5.06. The van der Waals surface area contributed by atoms with Gasteiger partial charge in [-0.15, -0.1) is 11.3 Å². The molecule has 2 atom stereocenters. The minimum absolute atomic E-state index is 0.0988. The highest BCUT2D eigenvalue weighted by Gasteiger charge is 2.24. The maximum Gasteiger partial charge on any atom is 0.123 e. The summed E-state index contributed by atoms with van der Waals surface area (Å²) in [6.45, 7) is 2.08. The van der Waals surface area contributed by atoms with E-state index >= 15 is 0 Å². The molecule has 0 radical (unpaired) electrons. The Kier molecular flexibility index (Phi) is 3.29. The summed E-state index contributed by atoms with van der Waals surface area (Å²) in [5.74, 6) is -0.251. The van der Waals surface area contributed by atoms with E-state index in [2.05, 4.69) is 23.7 Å². The number of hydrogen-bond donors (Lipinski definition) is 2. The smallest absolute Gasteiger partial charge is 0.123 e. The number of fused-ring (bicyclic) bond motifs is 1. The quantitative estimate of drug-likeness (QED) is 0.834. The molecule has 0 bridgehead atoms. The van der Waals surface area contributed by atoms with Crippen molar-refractivity contribution in [2.75, 3.05) is 5.32 Å². The monoisotopic (exact) mass is 277 g/mol. The van der Waals surface area contributed by atoms with E-state index in [0.29, 0.717) is 12.8 Å².